The molecule has 1 atom stereocenters. The van der Waals surface area contributed by atoms with Crippen molar-refractivity contribution in [2.45, 2.75) is 12.8 Å². The maximum absolute atomic E-state index is 11.4. The van der Waals surface area contributed by atoms with Gasteiger partial charge in [0, 0.05) is 13.1 Å². The van der Waals surface area contributed by atoms with Gasteiger partial charge in [0.2, 0.25) is 0 Å². The van der Waals surface area contributed by atoms with Crippen LogP contribution >= 0.6 is 0 Å². The molecule has 0 aromatic rings. The first-order chi connectivity index (χ1) is 7.77. The van der Waals surface area contributed by atoms with E-state index in [0.29, 0.717) is 13.2 Å². The summed E-state index contributed by atoms with van der Waals surface area (Å²) in [6.45, 7) is 3.63. The van der Waals surface area contributed by atoms with Gasteiger partial charge in [0.15, 0.2) is 0 Å². The van der Waals surface area contributed by atoms with Gasteiger partial charge in [-0.1, -0.05) is 0 Å². The second-order valence-corrected chi connectivity index (χ2v) is 4.00. The topological polar surface area (TPSA) is 59.0 Å². The Morgan fingerprint density at radius 2 is 2.31 bits per heavy atom. The lowest BCUT2D eigenvalue weighted by Crippen LogP contribution is -2.40. The van der Waals surface area contributed by atoms with E-state index in [0.717, 1.165) is 32.5 Å². The minimum absolute atomic E-state index is 0.0107. The van der Waals surface area contributed by atoms with Crippen molar-refractivity contribution in [2.24, 2.45) is 5.92 Å². The lowest BCUT2D eigenvalue weighted by Gasteiger charge is -2.30. The fourth-order valence-corrected chi connectivity index (χ4v) is 1.98. The predicted octanol–water partition coefficient (Wildman–Crippen LogP) is -0.120. The number of carbonyl (C=O) groups excluding carboxylic acids is 1. The zero-order valence-electron chi connectivity index (χ0n) is 9.85. The summed E-state index contributed by atoms with van der Waals surface area (Å²) >= 11 is 0. The molecule has 0 unspecified atom stereocenters. The van der Waals surface area contributed by atoms with Gasteiger partial charge in [0.1, 0.15) is 0 Å². The van der Waals surface area contributed by atoms with Crippen molar-refractivity contribution in [1.29, 1.82) is 0 Å². The van der Waals surface area contributed by atoms with Gasteiger partial charge >= 0.3 is 5.97 Å². The second-order valence-electron chi connectivity index (χ2n) is 4.00. The Hall–Kier alpha value is -0.650. The Kier molecular flexibility index (Phi) is 6.37. The van der Waals surface area contributed by atoms with Crippen LogP contribution < -0.4 is 0 Å². The molecule has 0 amide bonds. The van der Waals surface area contributed by atoms with Gasteiger partial charge < -0.3 is 19.5 Å². The average molecular weight is 231 g/mol. The summed E-state index contributed by atoms with van der Waals surface area (Å²) in [6, 6.07) is 0. The van der Waals surface area contributed by atoms with E-state index in [4.69, 9.17) is 14.6 Å². The van der Waals surface area contributed by atoms with E-state index in [1.54, 1.807) is 0 Å². The van der Waals surface area contributed by atoms with Gasteiger partial charge in [-0.3, -0.25) is 4.79 Å². The average Bonchev–Trinajstić information content (AvgIpc) is 2.34. The Morgan fingerprint density at radius 3 is 3.00 bits per heavy atom. The van der Waals surface area contributed by atoms with E-state index in [1.165, 1.54) is 7.11 Å². The third-order valence-electron chi connectivity index (χ3n) is 2.83. The van der Waals surface area contributed by atoms with E-state index in [2.05, 4.69) is 4.90 Å². The van der Waals surface area contributed by atoms with Crippen molar-refractivity contribution >= 4 is 5.97 Å². The number of piperidine rings is 1. The molecule has 0 bridgehead atoms. The molecule has 0 aromatic carbocycles. The van der Waals surface area contributed by atoms with Crippen molar-refractivity contribution in [2.75, 3.05) is 46.6 Å². The molecule has 1 aliphatic heterocycles. The minimum atomic E-state index is -0.110. The first-order valence-corrected chi connectivity index (χ1v) is 5.76. The standard InChI is InChI=1S/C11H21NO4/c1-15-11(14)10-3-2-4-12(9-10)5-7-16-8-6-13/h10,13H,2-9H2,1H3/t10-/m0/s1. The Labute approximate surface area is 96.3 Å². The van der Waals surface area contributed by atoms with Crippen molar-refractivity contribution in [1.82, 2.24) is 4.90 Å². The first-order valence-electron chi connectivity index (χ1n) is 5.76. The van der Waals surface area contributed by atoms with E-state index < -0.39 is 0 Å². The molecule has 94 valence electrons. The number of likely N-dealkylation sites (tertiary alicyclic amines) is 1. The molecule has 0 saturated carbocycles. The lowest BCUT2D eigenvalue weighted by atomic mass is 9.98. The Bertz CT molecular complexity index is 210. The van der Waals surface area contributed by atoms with Gasteiger partial charge in [-0.05, 0) is 19.4 Å². The molecular weight excluding hydrogens is 210 g/mol. The normalized spacial score (nSPS) is 22.0. The van der Waals surface area contributed by atoms with Crippen LogP contribution in [0.4, 0.5) is 0 Å². The fraction of sp³-hybridized carbons (Fsp3) is 0.909. The highest BCUT2D eigenvalue weighted by molar-refractivity contribution is 5.72. The van der Waals surface area contributed by atoms with Crippen molar-refractivity contribution < 1.29 is 19.4 Å². The quantitative estimate of drug-likeness (QED) is 0.510. The number of hydrogen-bond donors (Lipinski definition) is 1. The lowest BCUT2D eigenvalue weighted by molar-refractivity contribution is -0.147. The predicted molar refractivity (Wildman–Crippen MR) is 59.1 cm³/mol. The van der Waals surface area contributed by atoms with E-state index >= 15 is 0 Å². The van der Waals surface area contributed by atoms with E-state index in [1.807, 2.05) is 0 Å². The van der Waals surface area contributed by atoms with Crippen LogP contribution in [-0.2, 0) is 14.3 Å². The zero-order chi connectivity index (χ0) is 11.8. The molecule has 0 aliphatic carbocycles. The van der Waals surface area contributed by atoms with E-state index in [-0.39, 0.29) is 18.5 Å². The molecule has 1 saturated heterocycles. The summed E-state index contributed by atoms with van der Waals surface area (Å²) in [6.07, 6.45) is 1.94. The molecule has 1 aliphatic rings. The molecule has 0 aromatic heterocycles. The summed E-state index contributed by atoms with van der Waals surface area (Å²) in [5, 5.41) is 8.55. The number of ether oxygens (including phenoxy) is 2. The van der Waals surface area contributed by atoms with Crippen LogP contribution in [0.15, 0.2) is 0 Å². The molecule has 5 nitrogen and oxygen atoms in total. The van der Waals surface area contributed by atoms with Gasteiger partial charge in [0.25, 0.3) is 0 Å². The number of esters is 1. The highest BCUT2D eigenvalue weighted by Gasteiger charge is 2.25. The summed E-state index contributed by atoms with van der Waals surface area (Å²) in [5.41, 5.74) is 0. The fourth-order valence-electron chi connectivity index (χ4n) is 1.98. The maximum atomic E-state index is 11.4. The molecule has 5 heteroatoms. The van der Waals surface area contributed by atoms with Crippen LogP contribution in [0.25, 0.3) is 0 Å². The summed E-state index contributed by atoms with van der Waals surface area (Å²) in [4.78, 5) is 13.6. The summed E-state index contributed by atoms with van der Waals surface area (Å²) < 4.78 is 9.95. The number of aliphatic hydroxyl groups is 1. The monoisotopic (exact) mass is 231 g/mol. The van der Waals surface area contributed by atoms with Gasteiger partial charge in [-0.25, -0.2) is 0 Å². The smallest absolute Gasteiger partial charge is 0.309 e. The zero-order valence-corrected chi connectivity index (χ0v) is 9.85. The maximum Gasteiger partial charge on any atom is 0.309 e. The molecule has 16 heavy (non-hydrogen) atoms. The minimum Gasteiger partial charge on any atom is -0.469 e. The van der Waals surface area contributed by atoms with Crippen LogP contribution in [0, 0.1) is 5.92 Å². The molecule has 0 radical (unpaired) electrons. The van der Waals surface area contributed by atoms with Crippen LogP contribution in [0.3, 0.4) is 0 Å². The molecule has 1 N–H and O–H groups in total. The largest absolute Gasteiger partial charge is 0.469 e. The van der Waals surface area contributed by atoms with E-state index in [9.17, 15) is 4.79 Å². The second kappa shape index (κ2) is 7.60. The molecular formula is C11H21NO4. The Balaban J connectivity index is 2.20. The number of methoxy groups -OCH3 is 1. The molecule has 0 spiro atoms. The number of hydrogen-bond acceptors (Lipinski definition) is 5. The number of carbonyl (C=O) groups is 1. The Morgan fingerprint density at radius 1 is 1.50 bits per heavy atom. The van der Waals surface area contributed by atoms with Crippen LogP contribution in [-0.4, -0.2) is 62.5 Å². The van der Waals surface area contributed by atoms with Gasteiger partial charge in [0.05, 0.1) is 32.8 Å². The third-order valence-corrected chi connectivity index (χ3v) is 2.83. The van der Waals surface area contributed by atoms with Crippen LogP contribution in [0.1, 0.15) is 12.8 Å². The van der Waals surface area contributed by atoms with Crippen LogP contribution in [0.5, 0.6) is 0 Å². The third kappa shape index (κ3) is 4.47. The highest BCUT2D eigenvalue weighted by Crippen LogP contribution is 2.17. The van der Waals surface area contributed by atoms with Crippen molar-refractivity contribution in [3.63, 3.8) is 0 Å². The first kappa shape index (κ1) is 13.4. The number of aliphatic hydroxyl groups excluding tert-OH is 1. The summed E-state index contributed by atoms with van der Waals surface area (Å²) in [7, 11) is 1.44. The van der Waals surface area contributed by atoms with Crippen LogP contribution in [0.2, 0.25) is 0 Å². The van der Waals surface area contributed by atoms with Gasteiger partial charge in [-0.2, -0.15) is 0 Å². The molecule has 1 rings (SSSR count). The van der Waals surface area contributed by atoms with Gasteiger partial charge in [-0.15, -0.1) is 0 Å². The molecule has 1 fully saturated rings. The number of nitrogens with zero attached hydrogens (tertiary/aromatic N) is 1. The number of rotatable bonds is 6. The van der Waals surface area contributed by atoms with Crippen molar-refractivity contribution in [3.05, 3.63) is 0 Å². The SMILES string of the molecule is COC(=O)[C@H]1CCCN(CCOCCO)C1. The summed E-state index contributed by atoms with van der Waals surface area (Å²) in [5.74, 6) is -0.0995. The molecule has 1 heterocycles. The van der Waals surface area contributed by atoms with Crippen molar-refractivity contribution in [3.8, 4) is 0 Å². The highest BCUT2D eigenvalue weighted by atomic mass is 16.5.